The van der Waals surface area contributed by atoms with Gasteiger partial charge < -0.3 is 10.1 Å². The number of hydrogen-bond acceptors (Lipinski definition) is 4. The van der Waals surface area contributed by atoms with Crippen molar-refractivity contribution in [1.82, 2.24) is 15.2 Å². The van der Waals surface area contributed by atoms with Gasteiger partial charge in [0.2, 0.25) is 0 Å². The first-order chi connectivity index (χ1) is 13.9. The minimum absolute atomic E-state index is 0.221. The number of pyridine rings is 1. The van der Waals surface area contributed by atoms with E-state index in [1.165, 1.54) is 12.1 Å². The number of para-hydroxylation sites is 1. The fourth-order valence-electron chi connectivity index (χ4n) is 3.68. The molecule has 4 rings (SSSR count). The van der Waals surface area contributed by atoms with Gasteiger partial charge in [-0.2, -0.15) is 0 Å². The van der Waals surface area contributed by atoms with Crippen LogP contribution in [-0.4, -0.2) is 42.4 Å². The first-order valence-electron chi connectivity index (χ1n) is 9.26. The zero-order chi connectivity index (χ0) is 20.4. The number of piperazine rings is 1. The fraction of sp³-hybridized carbons (Fsp3) is 0.286. The standard InChI is InChI=1S/C21H19ClF3N3O/c22-20-17(13-15-3-1-2-4-18(15)27-20)19(28-11-9-26-10-12-28)14-5-7-16(8-6-14)29-21(23,24)25/h1-8,13,19,26H,9-12H2/t19-/m0/s1. The van der Waals surface area contributed by atoms with Gasteiger partial charge in [0, 0.05) is 37.1 Å². The van der Waals surface area contributed by atoms with Crippen LogP contribution in [0.4, 0.5) is 13.2 Å². The van der Waals surface area contributed by atoms with Crippen LogP contribution in [0, 0.1) is 0 Å². The van der Waals surface area contributed by atoms with Gasteiger partial charge in [0.25, 0.3) is 0 Å². The summed E-state index contributed by atoms with van der Waals surface area (Å²) in [6.07, 6.45) is -4.72. The van der Waals surface area contributed by atoms with E-state index in [-0.39, 0.29) is 11.8 Å². The minimum atomic E-state index is -4.72. The molecule has 0 bridgehead atoms. The molecule has 152 valence electrons. The summed E-state index contributed by atoms with van der Waals surface area (Å²) in [5, 5.41) is 4.67. The average molecular weight is 422 g/mol. The largest absolute Gasteiger partial charge is 0.573 e. The zero-order valence-electron chi connectivity index (χ0n) is 15.4. The van der Waals surface area contributed by atoms with Gasteiger partial charge in [0.15, 0.2) is 0 Å². The highest BCUT2D eigenvalue weighted by Gasteiger charge is 2.31. The van der Waals surface area contributed by atoms with Gasteiger partial charge in [-0.1, -0.05) is 41.9 Å². The van der Waals surface area contributed by atoms with Crippen molar-refractivity contribution in [2.24, 2.45) is 0 Å². The molecule has 1 N–H and O–H groups in total. The predicted octanol–water partition coefficient (Wildman–Crippen LogP) is 4.78. The van der Waals surface area contributed by atoms with Gasteiger partial charge in [-0.25, -0.2) is 4.98 Å². The highest BCUT2D eigenvalue weighted by atomic mass is 35.5. The molecule has 0 aliphatic carbocycles. The van der Waals surface area contributed by atoms with E-state index < -0.39 is 6.36 Å². The van der Waals surface area contributed by atoms with Crippen molar-refractivity contribution in [3.8, 4) is 5.75 Å². The highest BCUT2D eigenvalue weighted by Crippen LogP contribution is 2.35. The molecule has 0 radical (unpaired) electrons. The second kappa shape index (κ2) is 8.18. The highest BCUT2D eigenvalue weighted by molar-refractivity contribution is 6.30. The summed E-state index contributed by atoms with van der Waals surface area (Å²) >= 11 is 6.56. The molecule has 1 aromatic heterocycles. The van der Waals surface area contributed by atoms with E-state index in [1.54, 1.807) is 12.1 Å². The number of hydrogen-bond donors (Lipinski definition) is 1. The monoisotopic (exact) mass is 421 g/mol. The lowest BCUT2D eigenvalue weighted by atomic mass is 9.96. The molecule has 4 nitrogen and oxygen atoms in total. The molecule has 1 aliphatic heterocycles. The summed E-state index contributed by atoms with van der Waals surface area (Å²) in [5.41, 5.74) is 2.46. The Kier molecular flexibility index (Phi) is 5.63. The van der Waals surface area contributed by atoms with E-state index in [2.05, 4.69) is 19.9 Å². The topological polar surface area (TPSA) is 37.4 Å². The quantitative estimate of drug-likeness (QED) is 0.615. The number of halogens is 4. The lowest BCUT2D eigenvalue weighted by Gasteiger charge is -2.36. The van der Waals surface area contributed by atoms with Crippen LogP contribution in [-0.2, 0) is 0 Å². The van der Waals surface area contributed by atoms with Crippen molar-refractivity contribution in [2.45, 2.75) is 12.4 Å². The maximum atomic E-state index is 12.5. The third-order valence-electron chi connectivity index (χ3n) is 4.95. The zero-order valence-corrected chi connectivity index (χ0v) is 16.2. The number of alkyl halides is 3. The summed E-state index contributed by atoms with van der Waals surface area (Å²) in [6, 6.07) is 15.5. The van der Waals surface area contributed by atoms with Crippen molar-refractivity contribution in [3.05, 3.63) is 70.9 Å². The van der Waals surface area contributed by atoms with E-state index in [9.17, 15) is 13.2 Å². The summed E-state index contributed by atoms with van der Waals surface area (Å²) in [6.45, 7) is 3.22. The summed E-state index contributed by atoms with van der Waals surface area (Å²) in [5.74, 6) is -0.247. The molecule has 8 heteroatoms. The van der Waals surface area contributed by atoms with E-state index >= 15 is 0 Å². The molecule has 2 aromatic carbocycles. The molecule has 2 heterocycles. The third kappa shape index (κ3) is 4.63. The van der Waals surface area contributed by atoms with E-state index in [0.29, 0.717) is 5.15 Å². The van der Waals surface area contributed by atoms with Crippen molar-refractivity contribution < 1.29 is 17.9 Å². The van der Waals surface area contributed by atoms with Gasteiger partial charge in [0.05, 0.1) is 11.6 Å². The van der Waals surface area contributed by atoms with Gasteiger partial charge in [-0.15, -0.1) is 13.2 Å². The Morgan fingerprint density at radius 3 is 2.41 bits per heavy atom. The Hall–Kier alpha value is -2.35. The summed E-state index contributed by atoms with van der Waals surface area (Å²) in [7, 11) is 0. The maximum Gasteiger partial charge on any atom is 0.573 e. The number of rotatable bonds is 4. The fourth-order valence-corrected chi connectivity index (χ4v) is 3.93. The average Bonchev–Trinajstić information content (AvgIpc) is 2.69. The van der Waals surface area contributed by atoms with Crippen LogP contribution in [0.25, 0.3) is 10.9 Å². The summed E-state index contributed by atoms with van der Waals surface area (Å²) in [4.78, 5) is 6.79. The lowest BCUT2D eigenvalue weighted by molar-refractivity contribution is -0.274. The normalized spacial score (nSPS) is 16.7. The number of aromatic nitrogens is 1. The number of nitrogens with one attached hydrogen (secondary N) is 1. The molecular weight excluding hydrogens is 403 g/mol. The molecule has 29 heavy (non-hydrogen) atoms. The summed E-state index contributed by atoms with van der Waals surface area (Å²) < 4.78 is 41.5. The van der Waals surface area contributed by atoms with Crippen molar-refractivity contribution >= 4 is 22.5 Å². The molecule has 1 atom stereocenters. The molecule has 3 aromatic rings. The van der Waals surface area contributed by atoms with Crippen molar-refractivity contribution in [2.75, 3.05) is 26.2 Å². The molecule has 0 saturated carbocycles. The van der Waals surface area contributed by atoms with E-state index in [1.807, 2.05) is 30.3 Å². The predicted molar refractivity (Wildman–Crippen MR) is 106 cm³/mol. The Bertz CT molecular complexity index is 989. The SMILES string of the molecule is FC(F)(F)Oc1ccc([C@@H](c2cc3ccccc3nc2Cl)N2CCNCC2)cc1. The molecule has 1 fully saturated rings. The smallest absolute Gasteiger partial charge is 0.406 e. The van der Waals surface area contributed by atoms with Crippen molar-refractivity contribution in [1.29, 1.82) is 0 Å². The van der Waals surface area contributed by atoms with Gasteiger partial charge >= 0.3 is 6.36 Å². The van der Waals surface area contributed by atoms with Crippen LogP contribution >= 0.6 is 11.6 Å². The van der Waals surface area contributed by atoms with Gasteiger partial charge in [-0.3, -0.25) is 4.90 Å². The Morgan fingerprint density at radius 1 is 1.03 bits per heavy atom. The molecule has 0 unspecified atom stereocenters. The van der Waals surface area contributed by atoms with Crippen LogP contribution in [0.2, 0.25) is 5.15 Å². The first kappa shape index (κ1) is 19.9. The van der Waals surface area contributed by atoms with Crippen LogP contribution < -0.4 is 10.1 Å². The molecule has 1 aliphatic rings. The molecule has 0 spiro atoms. The Balaban J connectivity index is 1.75. The van der Waals surface area contributed by atoms with Crippen LogP contribution in [0.3, 0.4) is 0 Å². The second-order valence-corrected chi connectivity index (χ2v) is 7.22. The number of fused-ring (bicyclic) bond motifs is 1. The lowest BCUT2D eigenvalue weighted by Crippen LogP contribution is -2.45. The third-order valence-corrected chi connectivity index (χ3v) is 5.25. The van der Waals surface area contributed by atoms with Gasteiger partial charge in [0.1, 0.15) is 10.9 Å². The van der Waals surface area contributed by atoms with Crippen molar-refractivity contribution in [3.63, 3.8) is 0 Å². The second-order valence-electron chi connectivity index (χ2n) is 6.87. The van der Waals surface area contributed by atoms with Crippen LogP contribution in [0.15, 0.2) is 54.6 Å². The first-order valence-corrected chi connectivity index (χ1v) is 9.64. The number of ether oxygens (including phenoxy) is 1. The maximum absolute atomic E-state index is 12.5. The Labute approximate surface area is 171 Å². The van der Waals surface area contributed by atoms with E-state index in [4.69, 9.17) is 11.6 Å². The van der Waals surface area contributed by atoms with Crippen LogP contribution in [0.5, 0.6) is 5.75 Å². The Morgan fingerprint density at radius 2 is 1.72 bits per heavy atom. The van der Waals surface area contributed by atoms with Crippen LogP contribution in [0.1, 0.15) is 17.2 Å². The number of benzene rings is 2. The van der Waals surface area contributed by atoms with E-state index in [0.717, 1.165) is 48.2 Å². The minimum Gasteiger partial charge on any atom is -0.406 e. The van der Waals surface area contributed by atoms with Gasteiger partial charge in [-0.05, 0) is 29.8 Å². The molecule has 1 saturated heterocycles. The number of nitrogens with zero attached hydrogens (tertiary/aromatic N) is 2. The molecule has 0 amide bonds. The molecular formula is C21H19ClF3N3O.